The molecule has 1 aromatic carbocycles. The number of halogens is 2. The summed E-state index contributed by atoms with van der Waals surface area (Å²) in [6.45, 7) is 3.28. The van der Waals surface area contributed by atoms with Gasteiger partial charge in [0.1, 0.15) is 11.9 Å². The molecule has 2 aromatic rings. The van der Waals surface area contributed by atoms with Crippen molar-refractivity contribution in [1.29, 1.82) is 5.26 Å². The molecule has 7 nitrogen and oxygen atoms in total. The van der Waals surface area contributed by atoms with Crippen LogP contribution in [0.4, 0.5) is 15.9 Å². The van der Waals surface area contributed by atoms with Crippen molar-refractivity contribution in [2.24, 2.45) is 5.92 Å². The molecule has 0 bridgehead atoms. The van der Waals surface area contributed by atoms with Crippen molar-refractivity contribution in [2.45, 2.75) is 19.8 Å². The molecule has 1 N–H and O–H groups in total. The lowest BCUT2D eigenvalue weighted by atomic mass is 9.99. The fraction of sp³-hybridized carbons (Fsp3) is 0.333. The lowest BCUT2D eigenvalue weighted by molar-refractivity contribution is -0.385. The Balaban J connectivity index is 2.17. The number of pyridine rings is 1. The highest BCUT2D eigenvalue weighted by Gasteiger charge is 2.32. The van der Waals surface area contributed by atoms with Crippen LogP contribution in [0.25, 0.3) is 11.3 Å². The number of anilines is 1. The van der Waals surface area contributed by atoms with Crippen LogP contribution in [0.3, 0.4) is 0 Å². The van der Waals surface area contributed by atoms with E-state index >= 15 is 0 Å². The van der Waals surface area contributed by atoms with E-state index in [2.05, 4.69) is 27.8 Å². The Labute approximate surface area is 163 Å². The summed E-state index contributed by atoms with van der Waals surface area (Å²) in [6, 6.07) is 5.65. The molecule has 9 heteroatoms. The van der Waals surface area contributed by atoms with Gasteiger partial charge in [0.25, 0.3) is 0 Å². The van der Waals surface area contributed by atoms with Crippen LogP contribution in [-0.4, -0.2) is 28.1 Å². The van der Waals surface area contributed by atoms with Gasteiger partial charge < -0.3 is 10.0 Å². The molecule has 2 heterocycles. The Morgan fingerprint density at radius 1 is 1.44 bits per heavy atom. The van der Waals surface area contributed by atoms with Crippen LogP contribution >= 0.6 is 15.9 Å². The Kier molecular flexibility index (Phi) is 5.28. The van der Waals surface area contributed by atoms with Crippen molar-refractivity contribution >= 4 is 27.4 Å². The van der Waals surface area contributed by atoms with E-state index in [9.17, 15) is 19.6 Å². The topological polar surface area (TPSA) is 103 Å². The summed E-state index contributed by atoms with van der Waals surface area (Å²) in [5, 5.41) is 30.9. The number of aromatic nitrogens is 1. The monoisotopic (exact) mass is 434 g/mol. The largest absolute Gasteiger partial charge is 0.501 e. The van der Waals surface area contributed by atoms with E-state index in [1.54, 1.807) is 11.0 Å². The molecule has 0 atom stereocenters. The van der Waals surface area contributed by atoms with E-state index in [0.29, 0.717) is 24.6 Å². The first-order valence-corrected chi connectivity index (χ1v) is 9.14. The second-order valence-electron chi connectivity index (χ2n) is 6.53. The third kappa shape index (κ3) is 3.57. The van der Waals surface area contributed by atoms with Crippen LogP contribution in [-0.2, 0) is 0 Å². The number of aromatic hydroxyl groups is 1. The molecule has 0 aliphatic carbocycles. The average Bonchev–Trinajstić information content (AvgIpc) is 2.64. The van der Waals surface area contributed by atoms with Crippen molar-refractivity contribution in [1.82, 2.24) is 4.98 Å². The quantitative estimate of drug-likeness (QED) is 0.567. The number of nitro groups is 1. The molecular formula is C18H16BrFN4O3. The molecule has 1 aliphatic rings. The van der Waals surface area contributed by atoms with Gasteiger partial charge in [-0.15, -0.1) is 0 Å². The van der Waals surface area contributed by atoms with Gasteiger partial charge in [0.15, 0.2) is 0 Å². The van der Waals surface area contributed by atoms with Crippen molar-refractivity contribution < 1.29 is 14.4 Å². The minimum atomic E-state index is -0.727. The van der Waals surface area contributed by atoms with E-state index in [-0.39, 0.29) is 21.5 Å². The molecule has 0 amide bonds. The van der Waals surface area contributed by atoms with Crippen LogP contribution in [0.1, 0.15) is 25.3 Å². The summed E-state index contributed by atoms with van der Waals surface area (Å²) in [4.78, 5) is 17.1. The van der Waals surface area contributed by atoms with Crippen molar-refractivity contribution in [2.75, 3.05) is 18.0 Å². The van der Waals surface area contributed by atoms with Gasteiger partial charge in [-0.05, 0) is 46.8 Å². The van der Waals surface area contributed by atoms with E-state index in [4.69, 9.17) is 5.26 Å². The Morgan fingerprint density at radius 3 is 2.67 bits per heavy atom. The first kappa shape index (κ1) is 19.0. The molecule has 3 rings (SSSR count). The van der Waals surface area contributed by atoms with E-state index in [0.717, 1.165) is 18.9 Å². The van der Waals surface area contributed by atoms with E-state index in [1.165, 1.54) is 12.1 Å². The molecule has 1 saturated heterocycles. The lowest BCUT2D eigenvalue weighted by Crippen LogP contribution is -2.34. The number of nitrogens with zero attached hydrogens (tertiary/aromatic N) is 4. The van der Waals surface area contributed by atoms with E-state index in [1.807, 2.05) is 0 Å². The van der Waals surface area contributed by atoms with Gasteiger partial charge in [0.05, 0.1) is 20.7 Å². The van der Waals surface area contributed by atoms with Gasteiger partial charge >= 0.3 is 5.69 Å². The smallest absolute Gasteiger partial charge is 0.354 e. The number of rotatable bonds is 3. The zero-order chi connectivity index (χ0) is 19.7. The fourth-order valence-corrected chi connectivity index (χ4v) is 3.59. The Morgan fingerprint density at radius 2 is 2.11 bits per heavy atom. The maximum atomic E-state index is 14.0. The van der Waals surface area contributed by atoms with Crippen LogP contribution in [0.2, 0.25) is 0 Å². The van der Waals surface area contributed by atoms with Crippen LogP contribution < -0.4 is 4.90 Å². The summed E-state index contributed by atoms with van der Waals surface area (Å²) in [5.74, 6) is -0.706. The number of nitriles is 1. The Hall–Kier alpha value is -2.73. The highest BCUT2D eigenvalue weighted by atomic mass is 79.9. The minimum Gasteiger partial charge on any atom is -0.501 e. The van der Waals surface area contributed by atoms with Crippen molar-refractivity contribution in [3.63, 3.8) is 0 Å². The summed E-state index contributed by atoms with van der Waals surface area (Å²) in [6.07, 6.45) is 1.72. The predicted molar refractivity (Wildman–Crippen MR) is 101 cm³/mol. The summed E-state index contributed by atoms with van der Waals surface area (Å²) < 4.78 is 14.0. The molecule has 1 fully saturated rings. The fourth-order valence-electron chi connectivity index (χ4n) is 3.08. The third-order valence-corrected chi connectivity index (χ3v) is 5.45. The number of hydrogen-bond donors (Lipinski definition) is 1. The van der Waals surface area contributed by atoms with Gasteiger partial charge in [-0.1, -0.05) is 13.0 Å². The predicted octanol–water partition coefficient (Wildman–Crippen LogP) is 4.37. The minimum absolute atomic E-state index is 0.00688. The van der Waals surface area contributed by atoms with Crippen molar-refractivity contribution in [3.8, 4) is 23.1 Å². The molecular weight excluding hydrogens is 419 g/mol. The maximum Gasteiger partial charge on any atom is 0.354 e. The molecule has 0 radical (unpaired) electrons. The standard InChI is InChI=1S/C18H16BrFN4O3/c1-10-4-6-23(7-5-10)18-16(24(26)27)17(25)14(19)15(22-18)11-2-3-12(9-21)13(20)8-11/h2-3,8,10H,4-7H2,1H3,(H,22,25). The lowest BCUT2D eigenvalue weighted by Gasteiger charge is -2.31. The second-order valence-corrected chi connectivity index (χ2v) is 7.32. The molecule has 0 saturated carbocycles. The van der Waals surface area contributed by atoms with Gasteiger partial charge in [-0.3, -0.25) is 10.1 Å². The number of piperidine rings is 1. The van der Waals surface area contributed by atoms with E-state index < -0.39 is 22.2 Å². The zero-order valence-electron chi connectivity index (χ0n) is 14.4. The average molecular weight is 435 g/mol. The number of benzene rings is 1. The molecule has 0 spiro atoms. The van der Waals surface area contributed by atoms with Crippen molar-refractivity contribution in [3.05, 3.63) is 44.2 Å². The Bertz CT molecular complexity index is 953. The van der Waals surface area contributed by atoms with Gasteiger partial charge in [0.2, 0.25) is 11.6 Å². The van der Waals surface area contributed by atoms with Crippen LogP contribution in [0.15, 0.2) is 22.7 Å². The molecule has 1 aliphatic heterocycles. The summed E-state index contributed by atoms with van der Waals surface area (Å²) in [5.41, 5.74) is -0.120. The first-order chi connectivity index (χ1) is 12.8. The molecule has 27 heavy (non-hydrogen) atoms. The van der Waals surface area contributed by atoms with Gasteiger partial charge in [-0.25, -0.2) is 9.37 Å². The van der Waals surface area contributed by atoms with Crippen LogP contribution in [0.5, 0.6) is 5.75 Å². The molecule has 0 unspecified atom stereocenters. The SMILES string of the molecule is CC1CCN(c2nc(-c3ccc(C#N)c(F)c3)c(Br)c(O)c2[N+](=O)[O-])CC1. The van der Waals surface area contributed by atoms with Gasteiger partial charge in [0, 0.05) is 18.7 Å². The summed E-state index contributed by atoms with van der Waals surface area (Å²) in [7, 11) is 0. The number of hydrogen-bond acceptors (Lipinski definition) is 6. The first-order valence-electron chi connectivity index (χ1n) is 8.35. The third-order valence-electron chi connectivity index (χ3n) is 4.70. The van der Waals surface area contributed by atoms with Gasteiger partial charge in [-0.2, -0.15) is 5.26 Å². The molecule has 1 aromatic heterocycles. The summed E-state index contributed by atoms with van der Waals surface area (Å²) >= 11 is 3.14. The molecule has 140 valence electrons. The maximum absolute atomic E-state index is 14.0. The second kappa shape index (κ2) is 7.48. The highest BCUT2D eigenvalue weighted by molar-refractivity contribution is 9.10. The highest BCUT2D eigenvalue weighted by Crippen LogP contribution is 2.45. The zero-order valence-corrected chi connectivity index (χ0v) is 16.0. The van der Waals surface area contributed by atoms with Crippen LogP contribution in [0, 0.1) is 33.2 Å². The normalized spacial score (nSPS) is 14.8.